The molecule has 0 aromatic carbocycles. The van der Waals surface area contributed by atoms with E-state index in [1.165, 1.54) is 127 Å². The molecule has 0 unspecified atom stereocenters. The van der Waals surface area contributed by atoms with Gasteiger partial charge in [-0.3, -0.25) is 19.2 Å². The predicted octanol–water partition coefficient (Wildman–Crippen LogP) is 10.4. The fourth-order valence-corrected chi connectivity index (χ4v) is 14.1. The minimum Gasteiger partial charge on any atom is -0.434 e. The summed E-state index contributed by atoms with van der Waals surface area (Å²) in [4.78, 5) is 73.5. The van der Waals surface area contributed by atoms with E-state index in [0.717, 1.165) is 38.5 Å². The van der Waals surface area contributed by atoms with E-state index in [1.54, 1.807) is 0 Å². The van der Waals surface area contributed by atoms with E-state index in [4.69, 9.17) is 163 Å². The second-order valence-corrected chi connectivity index (χ2v) is 35.1. The molecular formula is C104H201N3O39S. The highest BCUT2D eigenvalue weighted by Gasteiger charge is 2.25. The van der Waals surface area contributed by atoms with Crippen LogP contribution in [0.1, 0.15) is 213 Å². The van der Waals surface area contributed by atoms with Crippen molar-refractivity contribution in [1.82, 2.24) is 5.32 Å². The molecule has 3 atom stereocenters. The molecule has 0 aromatic rings. The Morgan fingerprint density at radius 1 is 0.238 bits per heavy atom. The molecule has 0 saturated heterocycles. The average molecular weight is 2150 g/mol. The summed E-state index contributed by atoms with van der Waals surface area (Å²) in [5.41, 5.74) is 11.3. The van der Waals surface area contributed by atoms with Crippen LogP contribution in [0.3, 0.4) is 0 Å². The topological polar surface area (TPSA) is 482 Å². The van der Waals surface area contributed by atoms with E-state index in [-0.39, 0.29) is 62.8 Å². The number of hydrogen-bond acceptors (Lipinski definition) is 41. The second kappa shape index (κ2) is 125. The zero-order valence-electron chi connectivity index (χ0n) is 90.5. The molecule has 0 aromatic heterocycles. The highest BCUT2D eigenvalue weighted by atomic mass is 32.2. The maximum atomic E-state index is 13.1. The van der Waals surface area contributed by atoms with Crippen molar-refractivity contribution in [1.29, 1.82) is 0 Å². The Labute approximate surface area is 884 Å². The molecule has 0 radical (unpaired) electrons. The van der Waals surface area contributed by atoms with Gasteiger partial charge in [0, 0.05) is 43.8 Å². The van der Waals surface area contributed by atoms with Gasteiger partial charge >= 0.3 is 12.3 Å². The van der Waals surface area contributed by atoms with Gasteiger partial charge in [-0.05, 0) is 32.1 Å². The summed E-state index contributed by atoms with van der Waals surface area (Å²) < 4.78 is 177. The number of aliphatic hydroxyl groups is 1. The quantitative estimate of drug-likeness (QED) is 0.0325. The molecule has 0 fully saturated rings. The summed E-state index contributed by atoms with van der Waals surface area (Å²) in [6.45, 7) is 29.2. The summed E-state index contributed by atoms with van der Waals surface area (Å²) in [6.07, 6.45) is 28.5. The Kier molecular flexibility index (Phi) is 122. The number of nitrogens with one attached hydrogen (secondary N) is 1. The number of thioether (sulfide) groups is 1. The Hall–Kier alpha value is -4.03. The number of amides is 2. The van der Waals surface area contributed by atoms with Crippen LogP contribution in [0, 0.1) is 0 Å². The van der Waals surface area contributed by atoms with Gasteiger partial charge in [0.1, 0.15) is 17.9 Å². The standard InChI is InChI=1S/C104H201N3O39S/c1-3-5-7-9-11-13-15-17-19-21-23-25-35-143-103(113)144-37-27-29-97(146-104(114)145-36-26-24-22-20-18-16-14-12-10-8-6-4-2)94-147-95-98(105)102(112)107-99(93-108)100(110)30-28-34-115-39-41-117-43-45-119-47-49-121-51-53-123-55-57-125-59-61-127-63-65-129-67-69-131-71-73-133-75-77-135-79-81-137-83-85-139-87-89-141-91-92-142-90-88-140-86-84-138-82-80-136-78-76-134-74-72-132-70-68-130-66-64-128-62-60-126-58-56-124-54-52-122-50-48-120-46-44-118-42-40-116-38-33-96(109)31-32-101(106)111/h97-99,108H,3-95,105H2,1-2H3,(H2,106,111)(H,107,112)/t97-,98+,99+/m1/s1. The minimum absolute atomic E-state index is 0.0467. The van der Waals surface area contributed by atoms with Gasteiger partial charge in [0.2, 0.25) is 11.8 Å². The molecule has 6 N–H and O–H groups in total. The van der Waals surface area contributed by atoms with Crippen LogP contribution in [0.5, 0.6) is 0 Å². The normalized spacial score (nSPS) is 12.2. The second-order valence-electron chi connectivity index (χ2n) is 34.1. The SMILES string of the molecule is CCCCCCCCCCCCCCOC(=O)OCCC[C@H](CSC[C@H](N)C(=O)N[C@@H](CO)C(=O)CCCOCCOCCOCCOCCOCCOCCOCCOCCOCCOCCOCCOCCOCCOCCOCCOCCOCCOCCOCCOCCOCCOCCOCCOCCOCCOCCOCCOCCC(=O)CCC(N)=O)OC(=O)OCCCCCCCCCCCCCC. The number of carbonyl (C=O) groups is 6. The number of ether oxygens (including phenoxy) is 32. The summed E-state index contributed by atoms with van der Waals surface area (Å²) in [7, 11) is 0. The maximum absolute atomic E-state index is 13.1. The van der Waals surface area contributed by atoms with Crippen molar-refractivity contribution >= 4 is 47.5 Å². The largest absolute Gasteiger partial charge is 0.508 e. The molecule has 0 rings (SSSR count). The molecule has 43 heteroatoms. The fraction of sp³-hybridized carbons (Fsp3) is 0.942. The number of nitrogens with two attached hydrogens (primary N) is 2. The lowest BCUT2D eigenvalue weighted by Crippen LogP contribution is -2.50. The van der Waals surface area contributed by atoms with Crippen molar-refractivity contribution in [3.05, 3.63) is 0 Å². The summed E-state index contributed by atoms with van der Waals surface area (Å²) in [5.74, 6) is -1.04. The third kappa shape index (κ3) is 120. The van der Waals surface area contributed by atoms with Crippen LogP contribution >= 0.6 is 11.8 Å². The number of primary amides is 1. The van der Waals surface area contributed by atoms with Gasteiger partial charge in [-0.1, -0.05) is 155 Å². The van der Waals surface area contributed by atoms with E-state index < -0.39 is 48.9 Å². The Bertz CT molecular complexity index is 2680. The first-order valence-corrected chi connectivity index (χ1v) is 56.1. The first kappa shape index (κ1) is 143. The number of unbranched alkanes of at least 4 members (excludes halogenated alkanes) is 22. The third-order valence-electron chi connectivity index (χ3n) is 21.3. The van der Waals surface area contributed by atoms with Gasteiger partial charge in [0.25, 0.3) is 0 Å². The Morgan fingerprint density at radius 3 is 0.694 bits per heavy atom. The number of carbonyl (C=O) groups excluding carboxylic acids is 6. The molecule has 147 heavy (non-hydrogen) atoms. The van der Waals surface area contributed by atoms with Gasteiger partial charge in [-0.25, -0.2) is 9.59 Å². The molecule has 0 spiro atoms. The van der Waals surface area contributed by atoms with E-state index in [1.807, 2.05) is 0 Å². The van der Waals surface area contributed by atoms with Gasteiger partial charge in [-0.15, -0.1) is 0 Å². The molecule has 0 saturated carbocycles. The molecule has 0 aliphatic rings. The first-order valence-electron chi connectivity index (χ1n) is 54.9. The molecule has 872 valence electrons. The monoisotopic (exact) mass is 2150 g/mol. The van der Waals surface area contributed by atoms with Gasteiger partial charge in [0.15, 0.2) is 5.78 Å². The van der Waals surface area contributed by atoms with Crippen molar-refractivity contribution < 1.29 is 185 Å². The highest BCUT2D eigenvalue weighted by Crippen LogP contribution is 2.18. The van der Waals surface area contributed by atoms with Crippen LogP contribution < -0.4 is 16.8 Å². The number of ketones is 2. The van der Waals surface area contributed by atoms with Crippen LogP contribution in [0.2, 0.25) is 0 Å². The van der Waals surface area contributed by atoms with Gasteiger partial charge in [0.05, 0.1) is 396 Å². The van der Waals surface area contributed by atoms with Crippen LogP contribution in [0.15, 0.2) is 0 Å². The van der Waals surface area contributed by atoms with Crippen molar-refractivity contribution in [2.75, 3.05) is 408 Å². The predicted molar refractivity (Wildman–Crippen MR) is 554 cm³/mol. The van der Waals surface area contributed by atoms with Crippen LogP contribution in [0.4, 0.5) is 9.59 Å². The summed E-state index contributed by atoms with van der Waals surface area (Å²) in [5, 5.41) is 12.6. The molecule has 42 nitrogen and oxygen atoms in total. The van der Waals surface area contributed by atoms with Gasteiger partial charge in [-0.2, -0.15) is 11.8 Å². The Balaban J connectivity index is 3.56. The highest BCUT2D eigenvalue weighted by molar-refractivity contribution is 7.99. The lowest BCUT2D eigenvalue weighted by molar-refractivity contribution is -0.129. The lowest BCUT2D eigenvalue weighted by Gasteiger charge is -2.20. The Morgan fingerprint density at radius 2 is 0.456 bits per heavy atom. The van der Waals surface area contributed by atoms with E-state index >= 15 is 0 Å². The smallest absolute Gasteiger partial charge is 0.434 e. The molecule has 0 heterocycles. The molecule has 0 aliphatic heterocycles. The van der Waals surface area contributed by atoms with Crippen LogP contribution in [-0.4, -0.2) is 467 Å². The van der Waals surface area contributed by atoms with Crippen molar-refractivity contribution in [3.63, 3.8) is 0 Å². The first-order chi connectivity index (χ1) is 72.5. The minimum atomic E-state index is -1.13. The molecular weight excluding hydrogens is 1950 g/mol. The number of aliphatic hydroxyl groups excluding tert-OH is 1. The van der Waals surface area contributed by atoms with E-state index in [9.17, 15) is 33.9 Å². The molecule has 0 aliphatic carbocycles. The van der Waals surface area contributed by atoms with Crippen LogP contribution in [0.25, 0.3) is 0 Å². The number of Topliss-reactive ketones (excluding diaryl/α,β-unsaturated/α-hetero) is 2. The van der Waals surface area contributed by atoms with Gasteiger partial charge < -0.3 is 173 Å². The van der Waals surface area contributed by atoms with E-state index in [2.05, 4.69) is 19.2 Å². The summed E-state index contributed by atoms with van der Waals surface area (Å²) >= 11 is 1.30. The van der Waals surface area contributed by atoms with Crippen molar-refractivity contribution in [2.24, 2.45) is 11.5 Å². The molecule has 2 amide bonds. The lowest BCUT2D eigenvalue weighted by atomic mass is 10.1. The molecule has 0 bridgehead atoms. The third-order valence-corrected chi connectivity index (χ3v) is 22.5. The fourth-order valence-electron chi connectivity index (χ4n) is 13.1. The average Bonchev–Trinajstić information content (AvgIpc) is 0.904. The zero-order valence-corrected chi connectivity index (χ0v) is 91.3. The zero-order chi connectivity index (χ0) is 106. The maximum Gasteiger partial charge on any atom is 0.508 e. The summed E-state index contributed by atoms with van der Waals surface area (Å²) in [6, 6.07) is -2.14. The number of hydrogen-bond donors (Lipinski definition) is 4. The van der Waals surface area contributed by atoms with E-state index in [0.29, 0.717) is 395 Å². The number of rotatable bonds is 130. The van der Waals surface area contributed by atoms with Crippen molar-refractivity contribution in [2.45, 2.75) is 231 Å². The van der Waals surface area contributed by atoms with Crippen molar-refractivity contribution in [3.8, 4) is 0 Å². The van der Waals surface area contributed by atoms with Crippen LogP contribution in [-0.2, 0) is 171 Å².